The molecule has 2 N–H and O–H groups in total. The van der Waals surface area contributed by atoms with Crippen molar-refractivity contribution >= 4 is 23.2 Å². The Morgan fingerprint density at radius 2 is 1.90 bits per heavy atom. The lowest BCUT2D eigenvalue weighted by atomic mass is 10.0. The minimum absolute atomic E-state index is 0.174. The Balaban J connectivity index is 1.99. The summed E-state index contributed by atoms with van der Waals surface area (Å²) in [6.07, 6.45) is 0.177. The Morgan fingerprint density at radius 1 is 1.19 bits per heavy atom. The van der Waals surface area contributed by atoms with E-state index in [0.717, 1.165) is 5.56 Å². The highest BCUT2D eigenvalue weighted by Gasteiger charge is 2.18. The molecule has 3 rings (SSSR count). The molecule has 0 aliphatic rings. The number of nitrogens with zero attached hydrogens (tertiary/aromatic N) is 2. The Bertz CT molecular complexity index is 1140. The maximum absolute atomic E-state index is 13.2. The number of amides is 1. The van der Waals surface area contributed by atoms with Gasteiger partial charge in [0.15, 0.2) is 0 Å². The SMILES string of the molecule is Cc1nc(-c2ccc(Cl)cc2)n(CC(=O)Nc2cccc(C(C)C)c2)c(=O)c1CCO. The minimum atomic E-state index is -0.336. The largest absolute Gasteiger partial charge is 0.396 e. The number of anilines is 1. The third-order valence-corrected chi connectivity index (χ3v) is 5.32. The van der Waals surface area contributed by atoms with Crippen molar-refractivity contribution in [2.24, 2.45) is 0 Å². The second kappa shape index (κ2) is 9.90. The standard InChI is InChI=1S/C24H26ClN3O3/c1-15(2)18-5-4-6-20(13-18)27-22(30)14-28-23(17-7-9-19(25)10-8-17)26-16(3)21(11-12-29)24(28)31/h4-10,13,15,29H,11-12,14H2,1-3H3,(H,27,30). The summed E-state index contributed by atoms with van der Waals surface area (Å²) in [6.45, 7) is 5.52. The molecule has 0 saturated carbocycles. The molecule has 0 atom stereocenters. The molecule has 0 spiro atoms. The molecule has 3 aromatic rings. The zero-order valence-corrected chi connectivity index (χ0v) is 18.6. The number of rotatable bonds is 7. The average Bonchev–Trinajstić information content (AvgIpc) is 2.74. The van der Waals surface area contributed by atoms with Crippen molar-refractivity contribution in [1.82, 2.24) is 9.55 Å². The molecule has 2 aromatic carbocycles. The molecular weight excluding hydrogens is 414 g/mol. The van der Waals surface area contributed by atoms with E-state index in [1.54, 1.807) is 31.2 Å². The first-order valence-electron chi connectivity index (χ1n) is 10.2. The lowest BCUT2D eigenvalue weighted by molar-refractivity contribution is -0.116. The van der Waals surface area contributed by atoms with E-state index in [1.807, 2.05) is 24.3 Å². The topological polar surface area (TPSA) is 84.2 Å². The molecule has 1 heterocycles. The number of carbonyl (C=O) groups is 1. The highest BCUT2D eigenvalue weighted by molar-refractivity contribution is 6.30. The molecular formula is C24H26ClN3O3. The van der Waals surface area contributed by atoms with Gasteiger partial charge in [-0.15, -0.1) is 0 Å². The van der Waals surface area contributed by atoms with Crippen LogP contribution in [0.2, 0.25) is 5.02 Å². The molecule has 0 aliphatic heterocycles. The van der Waals surface area contributed by atoms with Crippen LogP contribution in [0.3, 0.4) is 0 Å². The van der Waals surface area contributed by atoms with Gasteiger partial charge in [0.1, 0.15) is 12.4 Å². The molecule has 1 amide bonds. The Morgan fingerprint density at radius 3 is 2.55 bits per heavy atom. The van der Waals surface area contributed by atoms with Crippen LogP contribution in [0.4, 0.5) is 5.69 Å². The third-order valence-electron chi connectivity index (χ3n) is 5.07. The van der Waals surface area contributed by atoms with Crippen LogP contribution in [0.25, 0.3) is 11.4 Å². The maximum Gasteiger partial charge on any atom is 0.257 e. The van der Waals surface area contributed by atoms with E-state index in [2.05, 4.69) is 24.1 Å². The Kier molecular flexibility index (Phi) is 7.25. The number of aryl methyl sites for hydroxylation is 1. The van der Waals surface area contributed by atoms with Gasteiger partial charge in [-0.25, -0.2) is 4.98 Å². The van der Waals surface area contributed by atoms with Crippen molar-refractivity contribution < 1.29 is 9.90 Å². The summed E-state index contributed by atoms with van der Waals surface area (Å²) in [6, 6.07) is 14.6. The van der Waals surface area contributed by atoms with Gasteiger partial charge in [0.05, 0.1) is 0 Å². The summed E-state index contributed by atoms with van der Waals surface area (Å²) in [5.74, 6) is 0.379. The van der Waals surface area contributed by atoms with E-state index in [4.69, 9.17) is 11.6 Å². The molecule has 0 radical (unpaired) electrons. The van der Waals surface area contributed by atoms with Crippen molar-refractivity contribution in [1.29, 1.82) is 0 Å². The summed E-state index contributed by atoms with van der Waals surface area (Å²) in [5, 5.41) is 12.8. The van der Waals surface area contributed by atoms with Gasteiger partial charge in [0.2, 0.25) is 5.91 Å². The predicted molar refractivity (Wildman–Crippen MR) is 124 cm³/mol. The van der Waals surface area contributed by atoms with Crippen molar-refractivity contribution in [3.8, 4) is 11.4 Å². The van der Waals surface area contributed by atoms with Crippen LogP contribution < -0.4 is 10.9 Å². The van der Waals surface area contributed by atoms with Gasteiger partial charge in [0.25, 0.3) is 5.56 Å². The highest BCUT2D eigenvalue weighted by Crippen LogP contribution is 2.21. The first-order chi connectivity index (χ1) is 14.8. The van der Waals surface area contributed by atoms with Crippen LogP contribution in [0.1, 0.15) is 36.6 Å². The quantitative estimate of drug-likeness (QED) is 0.578. The summed E-state index contributed by atoms with van der Waals surface area (Å²) >= 11 is 6.00. The van der Waals surface area contributed by atoms with Gasteiger partial charge in [0, 0.05) is 40.6 Å². The van der Waals surface area contributed by atoms with Crippen LogP contribution in [-0.4, -0.2) is 27.2 Å². The maximum atomic E-state index is 13.2. The first-order valence-corrected chi connectivity index (χ1v) is 10.5. The summed E-state index contributed by atoms with van der Waals surface area (Å²) < 4.78 is 1.35. The van der Waals surface area contributed by atoms with E-state index in [-0.39, 0.29) is 31.0 Å². The van der Waals surface area contributed by atoms with Gasteiger partial charge < -0.3 is 10.4 Å². The molecule has 0 fully saturated rings. The lowest BCUT2D eigenvalue weighted by Gasteiger charge is -2.16. The summed E-state index contributed by atoms with van der Waals surface area (Å²) in [5.41, 5.74) is 3.06. The van der Waals surface area contributed by atoms with E-state index in [9.17, 15) is 14.7 Å². The van der Waals surface area contributed by atoms with Crippen LogP contribution in [-0.2, 0) is 17.8 Å². The molecule has 1 aromatic heterocycles. The fourth-order valence-corrected chi connectivity index (χ4v) is 3.51. The molecule has 6 nitrogen and oxygen atoms in total. The highest BCUT2D eigenvalue weighted by atomic mass is 35.5. The monoisotopic (exact) mass is 439 g/mol. The number of aromatic nitrogens is 2. The number of aliphatic hydroxyl groups is 1. The lowest BCUT2D eigenvalue weighted by Crippen LogP contribution is -2.33. The van der Waals surface area contributed by atoms with Gasteiger partial charge >= 0.3 is 0 Å². The zero-order valence-electron chi connectivity index (χ0n) is 17.9. The summed E-state index contributed by atoms with van der Waals surface area (Å²) in [7, 11) is 0. The summed E-state index contributed by atoms with van der Waals surface area (Å²) in [4.78, 5) is 30.6. The van der Waals surface area contributed by atoms with Gasteiger partial charge in [-0.2, -0.15) is 0 Å². The third kappa shape index (κ3) is 5.40. The second-order valence-corrected chi connectivity index (χ2v) is 8.14. The fraction of sp³-hybridized carbons (Fsp3) is 0.292. The number of halogens is 1. The van der Waals surface area contributed by atoms with E-state index in [1.165, 1.54) is 4.57 Å². The van der Waals surface area contributed by atoms with Gasteiger partial charge in [-0.1, -0.05) is 37.6 Å². The number of hydrogen-bond acceptors (Lipinski definition) is 4. The molecule has 0 saturated heterocycles. The fourth-order valence-electron chi connectivity index (χ4n) is 3.39. The second-order valence-electron chi connectivity index (χ2n) is 7.70. The van der Waals surface area contributed by atoms with Gasteiger partial charge in [-0.3, -0.25) is 14.2 Å². The zero-order chi connectivity index (χ0) is 22.5. The number of hydrogen-bond donors (Lipinski definition) is 2. The van der Waals surface area contributed by atoms with E-state index >= 15 is 0 Å². The van der Waals surface area contributed by atoms with Crippen LogP contribution in [0.15, 0.2) is 53.3 Å². The number of carbonyl (C=O) groups excluding carboxylic acids is 1. The van der Waals surface area contributed by atoms with Crippen molar-refractivity contribution in [2.45, 2.75) is 39.7 Å². The normalized spacial score (nSPS) is 11.0. The molecule has 162 valence electrons. The Labute approximate surface area is 186 Å². The van der Waals surface area contributed by atoms with E-state index in [0.29, 0.717) is 39.3 Å². The molecule has 7 heteroatoms. The van der Waals surface area contributed by atoms with Gasteiger partial charge in [-0.05, 0) is 54.8 Å². The van der Waals surface area contributed by atoms with Crippen molar-refractivity contribution in [3.05, 3.63) is 80.7 Å². The van der Waals surface area contributed by atoms with Crippen molar-refractivity contribution in [3.63, 3.8) is 0 Å². The number of nitrogens with one attached hydrogen (secondary N) is 1. The molecule has 0 unspecified atom stereocenters. The first kappa shape index (κ1) is 22.7. The average molecular weight is 440 g/mol. The predicted octanol–water partition coefficient (Wildman–Crippen LogP) is 4.17. The minimum Gasteiger partial charge on any atom is -0.396 e. The molecule has 31 heavy (non-hydrogen) atoms. The number of benzene rings is 2. The van der Waals surface area contributed by atoms with E-state index < -0.39 is 0 Å². The smallest absolute Gasteiger partial charge is 0.257 e. The molecule has 0 bridgehead atoms. The molecule has 0 aliphatic carbocycles. The Hall–Kier alpha value is -2.96. The van der Waals surface area contributed by atoms with Crippen LogP contribution in [0.5, 0.6) is 0 Å². The van der Waals surface area contributed by atoms with Crippen LogP contribution in [0, 0.1) is 6.92 Å². The van der Waals surface area contributed by atoms with Crippen molar-refractivity contribution in [2.75, 3.05) is 11.9 Å². The van der Waals surface area contributed by atoms with Crippen LogP contribution >= 0.6 is 11.6 Å². The number of aliphatic hydroxyl groups excluding tert-OH is 1.